The second-order valence-corrected chi connectivity index (χ2v) is 6.80. The van der Waals surface area contributed by atoms with Crippen LogP contribution in [0.5, 0.6) is 5.75 Å². The first-order valence-electron chi connectivity index (χ1n) is 7.70. The molecule has 0 aliphatic heterocycles. The molecule has 122 valence electrons. The fraction of sp³-hybridized carbons (Fsp3) is 0.316. The van der Waals surface area contributed by atoms with Gasteiger partial charge in [0.05, 0.1) is 0 Å². The largest absolute Gasteiger partial charge is 0.483 e. The van der Waals surface area contributed by atoms with Gasteiger partial charge in [-0.25, -0.2) is 0 Å². The van der Waals surface area contributed by atoms with Gasteiger partial charge in [-0.05, 0) is 42.2 Å². The number of hydrogen-bond acceptors (Lipinski definition) is 2. The Morgan fingerprint density at radius 1 is 1.17 bits per heavy atom. The van der Waals surface area contributed by atoms with E-state index >= 15 is 0 Å². The van der Waals surface area contributed by atoms with E-state index in [9.17, 15) is 4.79 Å². The van der Waals surface area contributed by atoms with Crippen molar-refractivity contribution in [2.24, 2.45) is 0 Å². The van der Waals surface area contributed by atoms with Crippen LogP contribution >= 0.6 is 15.9 Å². The molecule has 2 aromatic rings. The van der Waals surface area contributed by atoms with Gasteiger partial charge < -0.3 is 10.1 Å². The minimum absolute atomic E-state index is 0.0210. The van der Waals surface area contributed by atoms with Crippen LogP contribution in [-0.2, 0) is 11.3 Å². The molecule has 0 atom stereocenters. The highest BCUT2D eigenvalue weighted by Gasteiger charge is 2.10. The van der Waals surface area contributed by atoms with E-state index in [2.05, 4.69) is 35.1 Å². The Balaban J connectivity index is 1.88. The maximum atomic E-state index is 12.0. The Morgan fingerprint density at radius 3 is 2.52 bits per heavy atom. The number of amides is 1. The summed E-state index contributed by atoms with van der Waals surface area (Å²) in [5.41, 5.74) is 3.38. The lowest BCUT2D eigenvalue weighted by molar-refractivity contribution is -0.123. The van der Waals surface area contributed by atoms with Crippen LogP contribution in [0.3, 0.4) is 0 Å². The van der Waals surface area contributed by atoms with E-state index in [1.54, 1.807) is 0 Å². The van der Waals surface area contributed by atoms with Gasteiger partial charge in [0, 0.05) is 11.0 Å². The second kappa shape index (κ2) is 8.16. The smallest absolute Gasteiger partial charge is 0.258 e. The van der Waals surface area contributed by atoms with Crippen molar-refractivity contribution in [3.8, 4) is 5.75 Å². The minimum Gasteiger partial charge on any atom is -0.483 e. The summed E-state index contributed by atoms with van der Waals surface area (Å²) in [6.45, 7) is 6.78. The molecule has 0 aliphatic carbocycles. The topological polar surface area (TPSA) is 38.3 Å². The summed E-state index contributed by atoms with van der Waals surface area (Å²) in [7, 11) is 0. The monoisotopic (exact) mass is 375 g/mol. The lowest BCUT2D eigenvalue weighted by atomic mass is 10.0. The normalized spacial score (nSPS) is 10.7. The first-order valence-corrected chi connectivity index (χ1v) is 8.49. The Labute approximate surface area is 146 Å². The average Bonchev–Trinajstić information content (AvgIpc) is 2.53. The number of nitrogens with one attached hydrogen (secondary N) is 1. The molecular formula is C19H22BrNO2. The van der Waals surface area contributed by atoms with Gasteiger partial charge in [0.15, 0.2) is 6.61 Å². The molecule has 0 bridgehead atoms. The Morgan fingerprint density at radius 2 is 1.87 bits per heavy atom. The van der Waals surface area contributed by atoms with Crippen molar-refractivity contribution < 1.29 is 9.53 Å². The van der Waals surface area contributed by atoms with Crippen molar-refractivity contribution in [3.63, 3.8) is 0 Å². The van der Waals surface area contributed by atoms with Crippen LogP contribution in [0.1, 0.15) is 36.5 Å². The molecule has 2 aromatic carbocycles. The van der Waals surface area contributed by atoms with Crippen LogP contribution in [0.15, 0.2) is 46.9 Å². The number of rotatable bonds is 6. The molecule has 0 saturated heterocycles. The molecule has 0 spiro atoms. The van der Waals surface area contributed by atoms with Crippen LogP contribution in [0.25, 0.3) is 0 Å². The van der Waals surface area contributed by atoms with E-state index in [0.717, 1.165) is 21.3 Å². The fourth-order valence-corrected chi connectivity index (χ4v) is 2.58. The van der Waals surface area contributed by atoms with Gasteiger partial charge >= 0.3 is 0 Å². The highest BCUT2D eigenvalue weighted by molar-refractivity contribution is 9.10. The second-order valence-electron chi connectivity index (χ2n) is 5.89. The molecule has 4 heteroatoms. The molecule has 0 saturated carbocycles. The van der Waals surface area contributed by atoms with Gasteiger partial charge in [0.2, 0.25) is 0 Å². The summed E-state index contributed by atoms with van der Waals surface area (Å²) >= 11 is 3.47. The number of ether oxygens (including phenoxy) is 1. The number of aryl methyl sites for hydroxylation is 1. The van der Waals surface area contributed by atoms with Crippen LogP contribution in [0.4, 0.5) is 0 Å². The molecular weight excluding hydrogens is 354 g/mol. The molecule has 0 aliphatic rings. The minimum atomic E-state index is -0.122. The van der Waals surface area contributed by atoms with Crippen molar-refractivity contribution in [1.82, 2.24) is 5.32 Å². The van der Waals surface area contributed by atoms with Gasteiger partial charge in [-0.2, -0.15) is 0 Å². The molecule has 2 rings (SSSR count). The highest BCUT2D eigenvalue weighted by atomic mass is 79.9. The summed E-state index contributed by atoms with van der Waals surface area (Å²) in [5, 5.41) is 2.88. The zero-order chi connectivity index (χ0) is 16.8. The number of hydrogen-bond donors (Lipinski definition) is 1. The molecule has 0 heterocycles. The van der Waals surface area contributed by atoms with Crippen LogP contribution < -0.4 is 10.1 Å². The number of carbonyl (C=O) groups is 1. The molecule has 0 radical (unpaired) electrons. The first-order chi connectivity index (χ1) is 11.0. The molecule has 1 N–H and O–H groups in total. The lowest BCUT2D eigenvalue weighted by Crippen LogP contribution is -2.28. The predicted molar refractivity (Wildman–Crippen MR) is 96.8 cm³/mol. The maximum absolute atomic E-state index is 12.0. The molecule has 1 amide bonds. The third kappa shape index (κ3) is 5.39. The number of carbonyl (C=O) groups excluding carboxylic acids is 1. The van der Waals surface area contributed by atoms with E-state index < -0.39 is 0 Å². The van der Waals surface area contributed by atoms with E-state index in [1.165, 1.54) is 5.56 Å². The average molecular weight is 376 g/mol. The Bertz CT molecular complexity index is 666. The van der Waals surface area contributed by atoms with E-state index in [1.807, 2.05) is 49.4 Å². The summed E-state index contributed by atoms with van der Waals surface area (Å²) in [6, 6.07) is 14.0. The summed E-state index contributed by atoms with van der Waals surface area (Å²) in [4.78, 5) is 12.0. The van der Waals surface area contributed by atoms with Crippen LogP contribution in [-0.4, -0.2) is 12.5 Å². The third-order valence-corrected chi connectivity index (χ3v) is 4.06. The third-order valence-electron chi connectivity index (χ3n) is 3.56. The Kier molecular flexibility index (Phi) is 6.22. The van der Waals surface area contributed by atoms with E-state index in [-0.39, 0.29) is 12.5 Å². The van der Waals surface area contributed by atoms with E-state index in [0.29, 0.717) is 12.5 Å². The van der Waals surface area contributed by atoms with Crippen LogP contribution in [0, 0.1) is 6.92 Å². The quantitative estimate of drug-likeness (QED) is 0.802. The van der Waals surface area contributed by atoms with Crippen molar-refractivity contribution in [2.75, 3.05) is 6.61 Å². The molecule has 0 unspecified atom stereocenters. The van der Waals surface area contributed by atoms with Gasteiger partial charge in [0.25, 0.3) is 5.91 Å². The summed E-state index contributed by atoms with van der Waals surface area (Å²) < 4.78 is 6.70. The van der Waals surface area contributed by atoms with Crippen LogP contribution in [0.2, 0.25) is 0 Å². The van der Waals surface area contributed by atoms with Crippen molar-refractivity contribution in [1.29, 1.82) is 0 Å². The molecule has 0 fully saturated rings. The zero-order valence-electron chi connectivity index (χ0n) is 13.7. The van der Waals surface area contributed by atoms with Gasteiger partial charge in [-0.1, -0.05) is 59.6 Å². The summed E-state index contributed by atoms with van der Waals surface area (Å²) in [5.74, 6) is 0.968. The first kappa shape index (κ1) is 17.5. The highest BCUT2D eigenvalue weighted by Crippen LogP contribution is 2.29. The molecule has 0 aromatic heterocycles. The van der Waals surface area contributed by atoms with Gasteiger partial charge in [-0.3, -0.25) is 4.79 Å². The van der Waals surface area contributed by atoms with Crippen molar-refractivity contribution in [2.45, 2.75) is 33.2 Å². The predicted octanol–water partition coefficient (Wildman–Crippen LogP) is 4.58. The van der Waals surface area contributed by atoms with Gasteiger partial charge in [0.1, 0.15) is 5.75 Å². The van der Waals surface area contributed by atoms with Crippen molar-refractivity contribution >= 4 is 21.8 Å². The van der Waals surface area contributed by atoms with E-state index in [4.69, 9.17) is 4.74 Å². The molecule has 23 heavy (non-hydrogen) atoms. The Hall–Kier alpha value is -1.81. The van der Waals surface area contributed by atoms with Gasteiger partial charge in [-0.15, -0.1) is 0 Å². The maximum Gasteiger partial charge on any atom is 0.258 e. The fourth-order valence-electron chi connectivity index (χ4n) is 2.20. The van der Waals surface area contributed by atoms with Crippen molar-refractivity contribution in [3.05, 3.63) is 63.6 Å². The summed E-state index contributed by atoms with van der Waals surface area (Å²) in [6.07, 6.45) is 0. The lowest BCUT2D eigenvalue weighted by Gasteiger charge is -2.14. The molecule has 3 nitrogen and oxygen atoms in total. The number of benzene rings is 2. The SMILES string of the molecule is Cc1ccc(CNC(=O)COc2ccc(Br)cc2C(C)C)cc1. The number of halogens is 1. The standard InChI is InChI=1S/C19H22BrNO2/c1-13(2)17-10-16(20)8-9-18(17)23-12-19(22)21-11-15-6-4-14(3)5-7-15/h4-10,13H,11-12H2,1-3H3,(H,21,22). The zero-order valence-corrected chi connectivity index (χ0v) is 15.3.